The van der Waals surface area contributed by atoms with Crippen molar-refractivity contribution < 1.29 is 9.47 Å². The number of methoxy groups -OCH3 is 2. The molecular formula is C13H28N2O2. The maximum absolute atomic E-state index is 5.32. The van der Waals surface area contributed by atoms with E-state index in [-0.39, 0.29) is 0 Å². The summed E-state index contributed by atoms with van der Waals surface area (Å²) in [7, 11) is 3.55. The highest BCUT2D eigenvalue weighted by atomic mass is 16.5. The van der Waals surface area contributed by atoms with Crippen molar-refractivity contribution in [3.8, 4) is 0 Å². The zero-order valence-electron chi connectivity index (χ0n) is 11.6. The number of rotatable bonds is 9. The van der Waals surface area contributed by atoms with Gasteiger partial charge in [-0.15, -0.1) is 0 Å². The van der Waals surface area contributed by atoms with Crippen molar-refractivity contribution in [3.05, 3.63) is 0 Å². The molecule has 2 unspecified atom stereocenters. The number of hydrogen-bond acceptors (Lipinski definition) is 4. The lowest BCUT2D eigenvalue weighted by Gasteiger charge is -2.32. The lowest BCUT2D eigenvalue weighted by Crippen LogP contribution is -2.46. The van der Waals surface area contributed by atoms with Crippen molar-refractivity contribution in [3.63, 3.8) is 0 Å². The molecule has 1 aliphatic heterocycles. The van der Waals surface area contributed by atoms with Gasteiger partial charge in [-0.05, 0) is 25.8 Å². The van der Waals surface area contributed by atoms with Crippen LogP contribution in [0.15, 0.2) is 0 Å². The maximum atomic E-state index is 5.32. The molecule has 0 aromatic heterocycles. The summed E-state index contributed by atoms with van der Waals surface area (Å²) in [5.41, 5.74) is 0. The van der Waals surface area contributed by atoms with E-state index >= 15 is 0 Å². The van der Waals surface area contributed by atoms with Crippen molar-refractivity contribution in [2.75, 3.05) is 47.1 Å². The minimum absolute atomic E-state index is 0.512. The molecule has 0 spiro atoms. The molecule has 4 heteroatoms. The van der Waals surface area contributed by atoms with E-state index in [9.17, 15) is 0 Å². The highest BCUT2D eigenvalue weighted by Crippen LogP contribution is 2.11. The first-order valence-electron chi connectivity index (χ1n) is 6.77. The van der Waals surface area contributed by atoms with Gasteiger partial charge in [0.2, 0.25) is 0 Å². The fraction of sp³-hybridized carbons (Fsp3) is 1.00. The van der Waals surface area contributed by atoms with Gasteiger partial charge in [0.1, 0.15) is 0 Å². The summed E-state index contributed by atoms with van der Waals surface area (Å²) in [5.74, 6) is 0. The Morgan fingerprint density at radius 1 is 1.35 bits per heavy atom. The van der Waals surface area contributed by atoms with E-state index in [1.54, 1.807) is 14.2 Å². The zero-order valence-corrected chi connectivity index (χ0v) is 11.6. The van der Waals surface area contributed by atoms with E-state index in [1.807, 2.05) is 0 Å². The van der Waals surface area contributed by atoms with Crippen LogP contribution in [-0.2, 0) is 9.47 Å². The molecule has 1 aliphatic rings. The summed E-state index contributed by atoms with van der Waals surface area (Å²) >= 11 is 0. The first-order valence-corrected chi connectivity index (χ1v) is 6.77. The third-order valence-electron chi connectivity index (χ3n) is 3.55. The van der Waals surface area contributed by atoms with Crippen LogP contribution in [0.3, 0.4) is 0 Å². The molecule has 0 aromatic rings. The van der Waals surface area contributed by atoms with Gasteiger partial charge in [0.25, 0.3) is 0 Å². The Morgan fingerprint density at radius 2 is 2.18 bits per heavy atom. The summed E-state index contributed by atoms with van der Waals surface area (Å²) in [5, 5.41) is 3.56. The Bertz CT molecular complexity index is 184. The quantitative estimate of drug-likeness (QED) is 0.659. The predicted octanol–water partition coefficient (Wildman–Crippen LogP) is 1.11. The fourth-order valence-electron chi connectivity index (χ4n) is 2.50. The van der Waals surface area contributed by atoms with Crippen molar-refractivity contribution in [1.29, 1.82) is 0 Å². The van der Waals surface area contributed by atoms with Crippen LogP contribution >= 0.6 is 0 Å². The molecule has 0 aromatic carbocycles. The molecule has 0 amide bonds. The van der Waals surface area contributed by atoms with Crippen LogP contribution in [0.25, 0.3) is 0 Å². The van der Waals surface area contributed by atoms with Crippen LogP contribution in [0, 0.1) is 0 Å². The Balaban J connectivity index is 2.44. The molecule has 2 atom stereocenters. The first-order chi connectivity index (χ1) is 8.31. The average Bonchev–Trinajstić information content (AvgIpc) is 2.84. The third kappa shape index (κ3) is 5.34. The second-order valence-electron chi connectivity index (χ2n) is 4.80. The standard InChI is InChI=1S/C13H28N2O2/c1-4-13(11-17-3)15(8-9-16-2)10-12-6-5-7-14-12/h12-14H,4-11H2,1-3H3. The smallest absolute Gasteiger partial charge is 0.0617 e. The first kappa shape index (κ1) is 14.9. The van der Waals surface area contributed by atoms with Gasteiger partial charge in [-0.1, -0.05) is 6.92 Å². The third-order valence-corrected chi connectivity index (χ3v) is 3.55. The molecular weight excluding hydrogens is 216 g/mol. The van der Waals surface area contributed by atoms with Gasteiger partial charge in [-0.3, -0.25) is 4.90 Å². The summed E-state index contributed by atoms with van der Waals surface area (Å²) in [4.78, 5) is 2.51. The lowest BCUT2D eigenvalue weighted by molar-refractivity contribution is 0.0605. The van der Waals surface area contributed by atoms with Crippen LogP contribution in [0.5, 0.6) is 0 Å². The largest absolute Gasteiger partial charge is 0.383 e. The molecule has 0 saturated carbocycles. The van der Waals surface area contributed by atoms with Crippen molar-refractivity contribution in [2.24, 2.45) is 0 Å². The topological polar surface area (TPSA) is 33.7 Å². The summed E-state index contributed by atoms with van der Waals surface area (Å²) in [6, 6.07) is 1.16. The van der Waals surface area contributed by atoms with Crippen molar-refractivity contribution in [1.82, 2.24) is 10.2 Å². The molecule has 102 valence electrons. The van der Waals surface area contributed by atoms with E-state index in [1.165, 1.54) is 19.4 Å². The highest BCUT2D eigenvalue weighted by molar-refractivity contribution is 4.81. The molecule has 0 radical (unpaired) electrons. The maximum Gasteiger partial charge on any atom is 0.0617 e. The van der Waals surface area contributed by atoms with Gasteiger partial charge < -0.3 is 14.8 Å². The Labute approximate surface area is 106 Å². The molecule has 1 fully saturated rings. The molecule has 17 heavy (non-hydrogen) atoms. The summed E-state index contributed by atoms with van der Waals surface area (Å²) in [6.45, 7) is 7.12. The van der Waals surface area contributed by atoms with Gasteiger partial charge in [-0.25, -0.2) is 0 Å². The monoisotopic (exact) mass is 244 g/mol. The molecule has 1 heterocycles. The normalized spacial score (nSPS) is 22.2. The van der Waals surface area contributed by atoms with Crippen molar-refractivity contribution >= 4 is 0 Å². The van der Waals surface area contributed by atoms with Crippen LogP contribution in [0.1, 0.15) is 26.2 Å². The minimum Gasteiger partial charge on any atom is -0.383 e. The Hall–Kier alpha value is -0.160. The average molecular weight is 244 g/mol. The Morgan fingerprint density at radius 3 is 2.71 bits per heavy atom. The van der Waals surface area contributed by atoms with E-state index in [0.717, 1.165) is 32.7 Å². The highest BCUT2D eigenvalue weighted by Gasteiger charge is 2.22. The van der Waals surface area contributed by atoms with Crippen LogP contribution < -0.4 is 5.32 Å². The summed E-state index contributed by atoms with van der Waals surface area (Å²) < 4.78 is 10.5. The number of nitrogens with one attached hydrogen (secondary N) is 1. The fourth-order valence-corrected chi connectivity index (χ4v) is 2.50. The molecule has 1 rings (SSSR count). The van der Waals surface area contributed by atoms with Crippen molar-refractivity contribution in [2.45, 2.75) is 38.3 Å². The van der Waals surface area contributed by atoms with Gasteiger partial charge in [-0.2, -0.15) is 0 Å². The molecule has 0 aliphatic carbocycles. The molecule has 1 N–H and O–H groups in total. The number of nitrogens with zero attached hydrogens (tertiary/aromatic N) is 1. The van der Waals surface area contributed by atoms with Gasteiger partial charge >= 0.3 is 0 Å². The van der Waals surface area contributed by atoms with E-state index in [4.69, 9.17) is 9.47 Å². The van der Waals surface area contributed by atoms with Gasteiger partial charge in [0.05, 0.1) is 13.2 Å². The van der Waals surface area contributed by atoms with E-state index < -0.39 is 0 Å². The van der Waals surface area contributed by atoms with E-state index in [0.29, 0.717) is 12.1 Å². The molecule has 4 nitrogen and oxygen atoms in total. The van der Waals surface area contributed by atoms with Gasteiger partial charge in [0.15, 0.2) is 0 Å². The molecule has 1 saturated heterocycles. The second kappa shape index (κ2) is 8.86. The van der Waals surface area contributed by atoms with Gasteiger partial charge in [0, 0.05) is 39.4 Å². The lowest BCUT2D eigenvalue weighted by atomic mass is 10.1. The minimum atomic E-state index is 0.512. The summed E-state index contributed by atoms with van der Waals surface area (Å²) in [6.07, 6.45) is 3.74. The van der Waals surface area contributed by atoms with E-state index in [2.05, 4.69) is 17.1 Å². The number of ether oxygens (including phenoxy) is 2. The SMILES string of the molecule is CCC(COC)N(CCOC)CC1CCCN1. The predicted molar refractivity (Wildman–Crippen MR) is 70.4 cm³/mol. The zero-order chi connectivity index (χ0) is 12.5. The van der Waals surface area contributed by atoms with Crippen LogP contribution in [-0.4, -0.2) is 64.1 Å². The second-order valence-corrected chi connectivity index (χ2v) is 4.80. The molecule has 0 bridgehead atoms. The van der Waals surface area contributed by atoms with Crippen LogP contribution in [0.2, 0.25) is 0 Å². The Kier molecular flexibility index (Phi) is 7.77. The van der Waals surface area contributed by atoms with Crippen LogP contribution in [0.4, 0.5) is 0 Å². The number of hydrogen-bond donors (Lipinski definition) is 1.